The number of aromatic nitrogens is 3. The van der Waals surface area contributed by atoms with Crippen molar-refractivity contribution in [2.45, 2.75) is 33.2 Å². The monoisotopic (exact) mass is 401 g/mol. The van der Waals surface area contributed by atoms with E-state index in [1.807, 2.05) is 23.1 Å². The fraction of sp³-hybridized carbons (Fsp3) is 0.571. The van der Waals surface area contributed by atoms with Gasteiger partial charge in [0, 0.05) is 25.2 Å². The summed E-state index contributed by atoms with van der Waals surface area (Å²) in [6, 6.07) is 8.14. The number of methoxy groups -OCH3 is 1. The van der Waals surface area contributed by atoms with Crippen LogP contribution in [0.2, 0.25) is 0 Å². The summed E-state index contributed by atoms with van der Waals surface area (Å²) in [4.78, 5) is 30.8. The fourth-order valence-corrected chi connectivity index (χ4v) is 3.92. The quantitative estimate of drug-likeness (QED) is 0.707. The number of hydrogen-bond acceptors (Lipinski definition) is 5. The van der Waals surface area contributed by atoms with Gasteiger partial charge in [0.1, 0.15) is 5.75 Å². The average molecular weight is 402 g/mol. The second-order valence-electron chi connectivity index (χ2n) is 8.16. The molecule has 158 valence electrons. The lowest BCUT2D eigenvalue weighted by atomic mass is 9.95. The largest absolute Gasteiger partial charge is 0.496 e. The Morgan fingerprint density at radius 2 is 2.03 bits per heavy atom. The Kier molecular flexibility index (Phi) is 7.09. The molecule has 2 aromatic rings. The highest BCUT2D eigenvalue weighted by atomic mass is 16.5. The van der Waals surface area contributed by atoms with Crippen LogP contribution in [0.4, 0.5) is 0 Å². The number of nitrogens with one attached hydrogen (secondary N) is 2. The van der Waals surface area contributed by atoms with Crippen LogP contribution in [0.5, 0.6) is 5.75 Å². The van der Waals surface area contributed by atoms with Gasteiger partial charge in [-0.05, 0) is 43.8 Å². The van der Waals surface area contributed by atoms with Gasteiger partial charge in [-0.3, -0.25) is 14.7 Å². The third-order valence-corrected chi connectivity index (χ3v) is 5.35. The molecule has 0 bridgehead atoms. The molecule has 1 aliphatic heterocycles. The Balaban J connectivity index is 1.57. The minimum Gasteiger partial charge on any atom is -0.496 e. The highest BCUT2D eigenvalue weighted by molar-refractivity contribution is 5.90. The van der Waals surface area contributed by atoms with Gasteiger partial charge < -0.3 is 9.64 Å². The van der Waals surface area contributed by atoms with Crippen LogP contribution in [0, 0.1) is 11.8 Å². The Bertz CT molecular complexity index is 852. The SMILES string of the molecule is COc1ccccc1CN1CCC(CN(CC(C)C)C(=O)c2n[nH]c(=O)[nH]2)CC1. The van der Waals surface area contributed by atoms with E-state index in [1.54, 1.807) is 7.11 Å². The number of nitrogens with zero attached hydrogens (tertiary/aromatic N) is 3. The molecule has 2 N–H and O–H groups in total. The molecule has 8 heteroatoms. The summed E-state index contributed by atoms with van der Waals surface area (Å²) < 4.78 is 5.46. The van der Waals surface area contributed by atoms with Crippen molar-refractivity contribution in [3.63, 3.8) is 0 Å². The Morgan fingerprint density at radius 1 is 1.31 bits per heavy atom. The molecule has 0 radical (unpaired) electrons. The number of hydrogen-bond donors (Lipinski definition) is 2. The van der Waals surface area contributed by atoms with Crippen LogP contribution in [0.25, 0.3) is 0 Å². The topological polar surface area (TPSA) is 94.3 Å². The summed E-state index contributed by atoms with van der Waals surface area (Å²) in [5.74, 6) is 1.58. The number of carbonyl (C=O) groups excluding carboxylic acids is 1. The number of likely N-dealkylation sites (tertiary alicyclic amines) is 1. The number of rotatable bonds is 8. The van der Waals surface area contributed by atoms with E-state index in [2.05, 4.69) is 40.0 Å². The van der Waals surface area contributed by atoms with Crippen molar-refractivity contribution in [2.24, 2.45) is 11.8 Å². The molecule has 0 spiro atoms. The van der Waals surface area contributed by atoms with Crippen molar-refractivity contribution >= 4 is 5.91 Å². The van der Waals surface area contributed by atoms with Gasteiger partial charge >= 0.3 is 5.69 Å². The van der Waals surface area contributed by atoms with E-state index < -0.39 is 5.69 Å². The van der Waals surface area contributed by atoms with Gasteiger partial charge in [-0.1, -0.05) is 32.0 Å². The molecule has 1 aromatic carbocycles. The van der Waals surface area contributed by atoms with Crippen LogP contribution in [-0.4, -0.2) is 64.2 Å². The lowest BCUT2D eigenvalue weighted by Gasteiger charge is -2.35. The zero-order valence-corrected chi connectivity index (χ0v) is 17.5. The van der Waals surface area contributed by atoms with Gasteiger partial charge in [0.25, 0.3) is 5.91 Å². The molecule has 0 saturated carbocycles. The van der Waals surface area contributed by atoms with E-state index in [0.29, 0.717) is 24.9 Å². The molecule has 1 amide bonds. The predicted molar refractivity (Wildman–Crippen MR) is 111 cm³/mol. The lowest BCUT2D eigenvalue weighted by Crippen LogP contribution is -2.42. The molecule has 1 aromatic heterocycles. The van der Waals surface area contributed by atoms with Gasteiger partial charge in [0.15, 0.2) is 0 Å². The minimum absolute atomic E-state index is 0.0873. The molecule has 1 saturated heterocycles. The predicted octanol–water partition coefficient (Wildman–Crippen LogP) is 2.12. The van der Waals surface area contributed by atoms with Crippen LogP contribution in [-0.2, 0) is 6.54 Å². The number of benzene rings is 1. The maximum Gasteiger partial charge on any atom is 0.341 e. The van der Waals surface area contributed by atoms with Crippen molar-refractivity contribution in [2.75, 3.05) is 33.3 Å². The second kappa shape index (κ2) is 9.73. The number of H-pyrrole nitrogens is 2. The van der Waals surface area contributed by atoms with Crippen LogP contribution in [0.3, 0.4) is 0 Å². The smallest absolute Gasteiger partial charge is 0.341 e. The standard InChI is InChI=1S/C21H31N5O3/c1-15(2)12-26(20(27)19-22-21(28)24-23-19)13-16-8-10-25(11-9-16)14-17-6-4-5-7-18(17)29-3/h4-7,15-16H,8-14H2,1-3H3,(H2,22,23,24,28). The van der Waals surface area contributed by atoms with Gasteiger partial charge in [-0.2, -0.15) is 0 Å². The number of carbonyl (C=O) groups is 1. The van der Waals surface area contributed by atoms with Crippen LogP contribution >= 0.6 is 0 Å². The molecule has 0 aliphatic carbocycles. The number of ether oxygens (including phenoxy) is 1. The maximum atomic E-state index is 12.8. The number of aromatic amines is 2. The van der Waals surface area contributed by atoms with E-state index in [1.165, 1.54) is 5.56 Å². The van der Waals surface area contributed by atoms with Crippen LogP contribution in [0.15, 0.2) is 29.1 Å². The molecule has 0 unspecified atom stereocenters. The molecule has 0 atom stereocenters. The van der Waals surface area contributed by atoms with E-state index in [9.17, 15) is 9.59 Å². The first kappa shape index (κ1) is 21.1. The van der Waals surface area contributed by atoms with E-state index >= 15 is 0 Å². The van der Waals surface area contributed by atoms with E-state index in [-0.39, 0.29) is 11.7 Å². The van der Waals surface area contributed by atoms with Crippen molar-refractivity contribution in [3.05, 3.63) is 46.1 Å². The third kappa shape index (κ3) is 5.69. The summed E-state index contributed by atoms with van der Waals surface area (Å²) in [7, 11) is 1.71. The second-order valence-corrected chi connectivity index (χ2v) is 8.16. The molecule has 1 aliphatic rings. The Morgan fingerprint density at radius 3 is 2.66 bits per heavy atom. The molecular formula is C21H31N5O3. The Hall–Kier alpha value is -2.61. The van der Waals surface area contributed by atoms with Crippen molar-refractivity contribution in [1.29, 1.82) is 0 Å². The van der Waals surface area contributed by atoms with Gasteiger partial charge in [0.2, 0.25) is 5.82 Å². The number of para-hydroxylation sites is 1. The molecule has 1 fully saturated rings. The zero-order chi connectivity index (χ0) is 20.8. The summed E-state index contributed by atoms with van der Waals surface area (Å²) in [6.07, 6.45) is 2.07. The number of amides is 1. The molecule has 3 rings (SSSR count). The molecule has 2 heterocycles. The van der Waals surface area contributed by atoms with Crippen LogP contribution < -0.4 is 10.4 Å². The van der Waals surface area contributed by atoms with Gasteiger partial charge in [-0.15, -0.1) is 5.10 Å². The van der Waals surface area contributed by atoms with Gasteiger partial charge in [0.05, 0.1) is 7.11 Å². The number of piperidine rings is 1. The summed E-state index contributed by atoms with van der Waals surface area (Å²) in [6.45, 7) is 8.37. The third-order valence-electron chi connectivity index (χ3n) is 5.35. The lowest BCUT2D eigenvalue weighted by molar-refractivity contribution is 0.0651. The molecular weight excluding hydrogens is 370 g/mol. The summed E-state index contributed by atoms with van der Waals surface area (Å²) >= 11 is 0. The normalized spacial score (nSPS) is 15.6. The van der Waals surface area contributed by atoms with E-state index in [0.717, 1.165) is 38.2 Å². The summed E-state index contributed by atoms with van der Waals surface area (Å²) in [5.41, 5.74) is 0.745. The average Bonchev–Trinajstić information content (AvgIpc) is 3.15. The van der Waals surface area contributed by atoms with E-state index in [4.69, 9.17) is 4.74 Å². The summed E-state index contributed by atoms with van der Waals surface area (Å²) in [5, 5.41) is 6.08. The maximum absolute atomic E-state index is 12.8. The Labute approximate surface area is 171 Å². The molecule has 29 heavy (non-hydrogen) atoms. The van der Waals surface area contributed by atoms with Crippen molar-refractivity contribution in [1.82, 2.24) is 25.0 Å². The van der Waals surface area contributed by atoms with Crippen molar-refractivity contribution in [3.8, 4) is 5.75 Å². The first-order chi connectivity index (χ1) is 14.0. The van der Waals surface area contributed by atoms with Crippen LogP contribution in [0.1, 0.15) is 42.9 Å². The van der Waals surface area contributed by atoms with Gasteiger partial charge in [-0.25, -0.2) is 9.89 Å². The first-order valence-electron chi connectivity index (χ1n) is 10.2. The zero-order valence-electron chi connectivity index (χ0n) is 17.5. The highest BCUT2D eigenvalue weighted by Crippen LogP contribution is 2.24. The van der Waals surface area contributed by atoms with Crippen molar-refractivity contribution < 1.29 is 9.53 Å². The minimum atomic E-state index is -0.456. The highest BCUT2D eigenvalue weighted by Gasteiger charge is 2.26. The molecule has 8 nitrogen and oxygen atoms in total. The first-order valence-corrected chi connectivity index (χ1v) is 10.2. The fourth-order valence-electron chi connectivity index (χ4n) is 3.92.